The van der Waals surface area contributed by atoms with Crippen LogP contribution in [0.2, 0.25) is 0 Å². The minimum atomic E-state index is -4.55. The Morgan fingerprint density at radius 3 is 2.11 bits per heavy atom. The number of aryl methyl sites for hydroxylation is 2. The second-order valence-corrected chi connectivity index (χ2v) is 6.41. The summed E-state index contributed by atoms with van der Waals surface area (Å²) in [6.45, 7) is 9.70. The highest BCUT2D eigenvalue weighted by Gasteiger charge is 2.32. The lowest BCUT2D eigenvalue weighted by molar-refractivity contribution is -0.143. The summed E-state index contributed by atoms with van der Waals surface area (Å²) in [5.74, 6) is -3.09. The van der Waals surface area contributed by atoms with Crippen LogP contribution < -0.4 is 0 Å². The van der Waals surface area contributed by atoms with Gasteiger partial charge in [0, 0.05) is 12.0 Å². The first-order valence-electron chi connectivity index (χ1n) is 8.64. The molecule has 0 aromatic heterocycles. The van der Waals surface area contributed by atoms with E-state index < -0.39 is 35.8 Å². The van der Waals surface area contributed by atoms with Crippen molar-refractivity contribution in [3.8, 4) is 0 Å². The quantitative estimate of drug-likeness (QED) is 0.286. The lowest BCUT2D eigenvalue weighted by Crippen LogP contribution is -2.08. The summed E-state index contributed by atoms with van der Waals surface area (Å²) in [6.07, 6.45) is -4.15. The maximum Gasteiger partial charge on any atom is 0.416 e. The number of ether oxygens (including phenoxy) is 1. The Morgan fingerprint density at radius 2 is 1.68 bits per heavy atom. The van der Waals surface area contributed by atoms with Crippen LogP contribution in [0.3, 0.4) is 0 Å². The van der Waals surface area contributed by atoms with Gasteiger partial charge in [-0.2, -0.15) is 13.2 Å². The van der Waals surface area contributed by atoms with E-state index in [1.54, 1.807) is 13.8 Å². The molecule has 0 fully saturated rings. The third-order valence-corrected chi connectivity index (χ3v) is 3.85. The lowest BCUT2D eigenvalue weighted by Gasteiger charge is -2.17. The SMILES string of the molecule is C=C(C)/C=C(\C(F)=C(/F)CCC(=O)OCC)c1c(C)cc(C(F)(F)F)cc1C. The normalized spacial score (nSPS) is 13.2. The van der Waals surface area contributed by atoms with E-state index in [4.69, 9.17) is 0 Å². The minimum Gasteiger partial charge on any atom is -0.466 e. The number of hydrogen-bond acceptors (Lipinski definition) is 2. The fourth-order valence-corrected chi connectivity index (χ4v) is 2.74. The Bertz CT molecular complexity index is 794. The van der Waals surface area contributed by atoms with E-state index >= 15 is 0 Å². The van der Waals surface area contributed by atoms with Gasteiger partial charge in [0.15, 0.2) is 5.83 Å². The van der Waals surface area contributed by atoms with Gasteiger partial charge in [-0.05, 0) is 62.6 Å². The number of allylic oxidation sites excluding steroid dienone is 5. The minimum absolute atomic E-state index is 0.122. The van der Waals surface area contributed by atoms with Gasteiger partial charge in [0.2, 0.25) is 0 Å². The largest absolute Gasteiger partial charge is 0.466 e. The molecule has 0 saturated heterocycles. The molecular formula is C21H23F5O2. The van der Waals surface area contributed by atoms with Crippen molar-refractivity contribution in [2.75, 3.05) is 6.61 Å². The number of benzene rings is 1. The lowest BCUT2D eigenvalue weighted by atomic mass is 9.91. The maximum atomic E-state index is 14.9. The van der Waals surface area contributed by atoms with Gasteiger partial charge in [-0.1, -0.05) is 12.2 Å². The Morgan fingerprint density at radius 1 is 1.14 bits per heavy atom. The fourth-order valence-electron chi connectivity index (χ4n) is 2.74. The number of carbonyl (C=O) groups is 1. The van der Waals surface area contributed by atoms with Crippen molar-refractivity contribution in [2.45, 2.75) is 46.7 Å². The van der Waals surface area contributed by atoms with Crippen molar-refractivity contribution in [1.82, 2.24) is 0 Å². The van der Waals surface area contributed by atoms with E-state index in [9.17, 15) is 26.7 Å². The molecule has 1 aromatic carbocycles. The Balaban J connectivity index is 3.43. The second kappa shape index (κ2) is 9.66. The first-order valence-corrected chi connectivity index (χ1v) is 8.64. The van der Waals surface area contributed by atoms with Gasteiger partial charge in [0.05, 0.1) is 18.6 Å². The maximum absolute atomic E-state index is 14.9. The Hall–Kier alpha value is -2.44. The molecule has 154 valence electrons. The van der Waals surface area contributed by atoms with Gasteiger partial charge in [-0.25, -0.2) is 8.78 Å². The van der Waals surface area contributed by atoms with Crippen LogP contribution >= 0.6 is 0 Å². The molecule has 0 aliphatic heterocycles. The fraction of sp³-hybridized carbons (Fsp3) is 0.381. The van der Waals surface area contributed by atoms with Crippen LogP contribution in [-0.4, -0.2) is 12.6 Å². The molecule has 0 amide bonds. The summed E-state index contributed by atoms with van der Waals surface area (Å²) in [7, 11) is 0. The van der Waals surface area contributed by atoms with E-state index in [-0.39, 0.29) is 35.3 Å². The van der Waals surface area contributed by atoms with Gasteiger partial charge in [0.25, 0.3) is 0 Å². The van der Waals surface area contributed by atoms with E-state index in [0.29, 0.717) is 5.57 Å². The average molecular weight is 402 g/mol. The number of alkyl halides is 3. The van der Waals surface area contributed by atoms with E-state index in [1.807, 2.05) is 0 Å². The van der Waals surface area contributed by atoms with Crippen molar-refractivity contribution >= 4 is 11.5 Å². The summed E-state index contributed by atoms with van der Waals surface area (Å²) in [4.78, 5) is 11.4. The number of hydrogen-bond donors (Lipinski definition) is 0. The zero-order chi connectivity index (χ0) is 21.6. The predicted molar refractivity (Wildman–Crippen MR) is 98.8 cm³/mol. The topological polar surface area (TPSA) is 26.3 Å². The van der Waals surface area contributed by atoms with Crippen LogP contribution in [-0.2, 0) is 15.7 Å². The molecule has 0 unspecified atom stereocenters. The molecule has 0 bridgehead atoms. The standard InChI is InChI=1S/C21H23F5O2/c1-6-28-18(27)8-7-17(22)20(23)16(9-12(2)3)19-13(4)10-15(11-14(19)5)21(24,25)26/h9-11H,2,6-8H2,1,3-5H3/b16-9-,20-17+. The molecule has 1 rings (SSSR count). The first-order chi connectivity index (χ1) is 12.9. The van der Waals surface area contributed by atoms with Crippen molar-refractivity contribution in [2.24, 2.45) is 0 Å². The molecule has 28 heavy (non-hydrogen) atoms. The molecule has 7 heteroatoms. The zero-order valence-electron chi connectivity index (χ0n) is 16.3. The third kappa shape index (κ3) is 6.32. The van der Waals surface area contributed by atoms with Gasteiger partial charge < -0.3 is 4.74 Å². The molecule has 0 spiro atoms. The van der Waals surface area contributed by atoms with E-state index in [1.165, 1.54) is 19.9 Å². The van der Waals surface area contributed by atoms with Crippen molar-refractivity contribution in [3.63, 3.8) is 0 Å². The van der Waals surface area contributed by atoms with Gasteiger partial charge in [0.1, 0.15) is 5.83 Å². The van der Waals surface area contributed by atoms with Crippen LogP contribution in [0.15, 0.2) is 42.0 Å². The molecule has 2 nitrogen and oxygen atoms in total. The van der Waals surface area contributed by atoms with E-state index in [0.717, 1.165) is 12.1 Å². The van der Waals surface area contributed by atoms with Crippen molar-refractivity contribution in [3.05, 3.63) is 64.3 Å². The third-order valence-electron chi connectivity index (χ3n) is 3.85. The number of esters is 1. The van der Waals surface area contributed by atoms with Crippen LogP contribution in [0.25, 0.3) is 5.57 Å². The highest BCUT2D eigenvalue weighted by Crippen LogP contribution is 2.38. The summed E-state index contributed by atoms with van der Waals surface area (Å²) >= 11 is 0. The van der Waals surface area contributed by atoms with Gasteiger partial charge in [-0.15, -0.1) is 0 Å². The monoisotopic (exact) mass is 402 g/mol. The number of rotatable bonds is 7. The highest BCUT2D eigenvalue weighted by molar-refractivity contribution is 5.83. The van der Waals surface area contributed by atoms with Crippen LogP contribution in [0, 0.1) is 13.8 Å². The predicted octanol–water partition coefficient (Wildman–Crippen LogP) is 6.78. The molecule has 0 aliphatic rings. The Kier molecular flexibility index (Phi) is 8.14. The molecule has 0 N–H and O–H groups in total. The molecule has 1 aromatic rings. The Labute approximate surface area is 161 Å². The van der Waals surface area contributed by atoms with Crippen LogP contribution in [0.5, 0.6) is 0 Å². The van der Waals surface area contributed by atoms with E-state index in [2.05, 4.69) is 11.3 Å². The van der Waals surface area contributed by atoms with Crippen molar-refractivity contribution < 1.29 is 31.5 Å². The smallest absolute Gasteiger partial charge is 0.416 e. The molecular weight excluding hydrogens is 379 g/mol. The number of halogens is 5. The number of carbonyl (C=O) groups excluding carboxylic acids is 1. The summed E-state index contributed by atoms with van der Waals surface area (Å²) in [6, 6.07) is 1.77. The van der Waals surface area contributed by atoms with Crippen LogP contribution in [0.4, 0.5) is 22.0 Å². The molecule has 0 heterocycles. The molecule has 0 saturated carbocycles. The molecule has 0 aliphatic carbocycles. The molecule has 0 radical (unpaired) electrons. The summed E-state index contributed by atoms with van der Waals surface area (Å²) < 4.78 is 72.9. The summed E-state index contributed by atoms with van der Waals surface area (Å²) in [5.41, 5.74) is -0.242. The van der Waals surface area contributed by atoms with Gasteiger partial charge in [-0.3, -0.25) is 4.79 Å². The zero-order valence-corrected chi connectivity index (χ0v) is 16.3. The molecule has 0 atom stereocenters. The van der Waals surface area contributed by atoms with Crippen molar-refractivity contribution in [1.29, 1.82) is 0 Å². The van der Waals surface area contributed by atoms with Crippen LogP contribution in [0.1, 0.15) is 48.9 Å². The second-order valence-electron chi connectivity index (χ2n) is 6.41. The highest BCUT2D eigenvalue weighted by atomic mass is 19.4. The average Bonchev–Trinajstić information content (AvgIpc) is 2.56. The summed E-state index contributed by atoms with van der Waals surface area (Å²) in [5, 5.41) is 0. The van der Waals surface area contributed by atoms with Gasteiger partial charge >= 0.3 is 12.1 Å². The first kappa shape index (κ1) is 23.6.